The third-order valence-corrected chi connectivity index (χ3v) is 12.4. The zero-order valence-corrected chi connectivity index (χ0v) is 30.7. The second kappa shape index (κ2) is 15.4. The molecule has 1 spiro atoms. The number of thiophene rings is 2. The van der Waals surface area contributed by atoms with Gasteiger partial charge in [-0.1, -0.05) is 105 Å². The second-order valence-corrected chi connectivity index (χ2v) is 15.8. The lowest BCUT2D eigenvalue weighted by molar-refractivity contribution is -0.146. The van der Waals surface area contributed by atoms with Crippen molar-refractivity contribution in [1.82, 2.24) is 10.6 Å². The van der Waals surface area contributed by atoms with Crippen molar-refractivity contribution in [2.45, 2.75) is 81.3 Å². The number of carbonyl (C=O) groups is 4. The molecule has 5 aromatic rings. The molecule has 2 N–H and O–H groups in total. The van der Waals surface area contributed by atoms with Crippen LogP contribution in [0.1, 0.15) is 90.4 Å². The Balaban J connectivity index is 0.000000179. The van der Waals surface area contributed by atoms with E-state index in [-0.39, 0.29) is 17.8 Å². The Hall–Kier alpha value is -4.87. The van der Waals surface area contributed by atoms with Crippen molar-refractivity contribution in [1.29, 1.82) is 0 Å². The van der Waals surface area contributed by atoms with E-state index >= 15 is 0 Å². The fraction of sp³-hybridized carbons (Fsp3) is 0.341. The fourth-order valence-corrected chi connectivity index (χ4v) is 9.29. The van der Waals surface area contributed by atoms with Crippen molar-refractivity contribution in [3.05, 3.63) is 106 Å². The highest BCUT2D eigenvalue weighted by atomic mass is 32.1. The topological polar surface area (TPSA) is 123 Å². The molecule has 8 rings (SSSR count). The SMILES string of the molecule is COC(=O)[C@@H](NC(=O)C1(NC(=O)c2cc3ccccc3s2)CCCCC1)c1ccccc1.O=C1OC(c2cc3ccccc3s2)=NC12CCCCC2. The van der Waals surface area contributed by atoms with Gasteiger partial charge in [-0.2, -0.15) is 0 Å². The monoisotopic (exact) mass is 735 g/mol. The quantitative estimate of drug-likeness (QED) is 0.162. The van der Waals surface area contributed by atoms with Gasteiger partial charge in [0.2, 0.25) is 11.8 Å². The molecule has 0 radical (unpaired) electrons. The van der Waals surface area contributed by atoms with Crippen LogP contribution in [0.4, 0.5) is 0 Å². The maximum absolute atomic E-state index is 13.5. The van der Waals surface area contributed by atoms with Crippen LogP contribution in [0, 0.1) is 0 Å². The summed E-state index contributed by atoms with van der Waals surface area (Å²) in [5.41, 5.74) is -1.01. The number of nitrogens with one attached hydrogen (secondary N) is 2. The Morgan fingerprint density at radius 3 is 2.00 bits per heavy atom. The first-order chi connectivity index (χ1) is 25.3. The van der Waals surface area contributed by atoms with Crippen molar-refractivity contribution in [2.75, 3.05) is 7.11 Å². The number of nitrogens with zero attached hydrogens (tertiary/aromatic N) is 1. The van der Waals surface area contributed by atoms with Gasteiger partial charge in [0, 0.05) is 9.40 Å². The van der Waals surface area contributed by atoms with Crippen LogP contribution in [-0.2, 0) is 23.9 Å². The van der Waals surface area contributed by atoms with E-state index in [0.717, 1.165) is 59.9 Å². The number of methoxy groups -OCH3 is 1. The first-order valence-corrected chi connectivity index (χ1v) is 19.5. The molecular formula is C41H41N3O6S2. The lowest BCUT2D eigenvalue weighted by Gasteiger charge is -2.37. The van der Waals surface area contributed by atoms with Crippen molar-refractivity contribution in [2.24, 2.45) is 4.99 Å². The standard InChI is InChI=1S/C25H26N2O4S.C16H15NO2S/c1-31-23(29)21(17-10-4-2-5-11-17)26-24(30)25(14-8-3-9-15-25)27-22(28)20-16-18-12-6-7-13-19(18)32-20;18-15-16(8-4-1-5-9-16)17-14(19-15)13-10-11-6-2-3-7-12(11)20-13/h2,4-7,10-13,16,21H,3,8-9,14-15H2,1H3,(H,26,30)(H,27,28);2-3,6-7,10H,1,4-5,8-9H2/t21-;/m0./s1. The van der Waals surface area contributed by atoms with Crippen molar-refractivity contribution < 1.29 is 28.7 Å². The van der Waals surface area contributed by atoms with E-state index in [0.29, 0.717) is 29.2 Å². The van der Waals surface area contributed by atoms with E-state index in [9.17, 15) is 19.2 Å². The molecule has 1 aliphatic heterocycles. The van der Waals surface area contributed by atoms with Crippen LogP contribution in [0.5, 0.6) is 0 Å². The number of rotatable bonds is 7. The minimum atomic E-state index is -1.06. The summed E-state index contributed by atoms with van der Waals surface area (Å²) >= 11 is 3.04. The number of fused-ring (bicyclic) bond motifs is 2. The van der Waals surface area contributed by atoms with E-state index < -0.39 is 23.1 Å². The molecule has 11 heteroatoms. The van der Waals surface area contributed by atoms with Gasteiger partial charge in [0.15, 0.2) is 11.6 Å². The summed E-state index contributed by atoms with van der Waals surface area (Å²) in [5.74, 6) is -0.794. The van der Waals surface area contributed by atoms with E-state index in [2.05, 4.69) is 33.8 Å². The van der Waals surface area contributed by atoms with Crippen molar-refractivity contribution >= 4 is 72.5 Å². The Morgan fingerprint density at radius 1 is 0.769 bits per heavy atom. The third kappa shape index (κ3) is 7.38. The van der Waals surface area contributed by atoms with Crippen molar-refractivity contribution in [3.8, 4) is 0 Å². The van der Waals surface area contributed by atoms with Gasteiger partial charge >= 0.3 is 11.9 Å². The van der Waals surface area contributed by atoms with Gasteiger partial charge in [-0.3, -0.25) is 9.59 Å². The highest BCUT2D eigenvalue weighted by molar-refractivity contribution is 7.21. The van der Waals surface area contributed by atoms with E-state index in [1.807, 2.05) is 48.5 Å². The molecule has 1 atom stereocenters. The number of esters is 2. The normalized spacial score (nSPS) is 18.1. The number of amides is 2. The van der Waals surface area contributed by atoms with Gasteiger partial charge in [-0.15, -0.1) is 22.7 Å². The molecule has 2 fully saturated rings. The summed E-state index contributed by atoms with van der Waals surface area (Å²) in [6.07, 6.45) is 8.71. The Bertz CT molecular complexity index is 2060. The predicted molar refractivity (Wildman–Crippen MR) is 205 cm³/mol. The molecule has 52 heavy (non-hydrogen) atoms. The summed E-state index contributed by atoms with van der Waals surface area (Å²) in [5, 5.41) is 8.06. The Morgan fingerprint density at radius 2 is 1.37 bits per heavy atom. The summed E-state index contributed by atoms with van der Waals surface area (Å²) in [6, 6.07) is 28.0. The molecule has 0 unspecified atom stereocenters. The molecular weight excluding hydrogens is 695 g/mol. The predicted octanol–water partition coefficient (Wildman–Crippen LogP) is 8.27. The van der Waals surface area contributed by atoms with Crippen LogP contribution in [0.2, 0.25) is 0 Å². The number of carbonyl (C=O) groups excluding carboxylic acids is 4. The summed E-state index contributed by atoms with van der Waals surface area (Å²) in [6.45, 7) is 0. The zero-order chi connectivity index (χ0) is 36.1. The molecule has 2 saturated carbocycles. The van der Waals surface area contributed by atoms with Crippen molar-refractivity contribution in [3.63, 3.8) is 0 Å². The van der Waals surface area contributed by atoms with E-state index in [1.54, 1.807) is 35.6 Å². The molecule has 0 bridgehead atoms. The molecule has 0 saturated heterocycles. The van der Waals surface area contributed by atoms with E-state index in [4.69, 9.17) is 9.47 Å². The van der Waals surface area contributed by atoms with Gasteiger partial charge in [0.05, 0.1) is 16.9 Å². The second-order valence-electron chi connectivity index (χ2n) is 13.6. The molecule has 268 valence electrons. The molecule has 3 heterocycles. The zero-order valence-electron chi connectivity index (χ0n) is 29.0. The molecule has 2 aromatic heterocycles. The van der Waals surface area contributed by atoms with Crippen LogP contribution >= 0.6 is 22.7 Å². The van der Waals surface area contributed by atoms with Crippen LogP contribution in [0.3, 0.4) is 0 Å². The maximum atomic E-state index is 13.5. The first kappa shape index (κ1) is 35.5. The Kier molecular flexibility index (Phi) is 10.5. The fourth-order valence-electron chi connectivity index (χ4n) is 7.34. The number of cyclic esters (lactones) is 1. The first-order valence-electron chi connectivity index (χ1n) is 17.9. The van der Waals surface area contributed by atoms with Gasteiger partial charge in [0.1, 0.15) is 5.54 Å². The molecule has 2 aliphatic carbocycles. The van der Waals surface area contributed by atoms with E-state index in [1.165, 1.54) is 35.0 Å². The van der Waals surface area contributed by atoms with Gasteiger partial charge in [0.25, 0.3) is 5.91 Å². The van der Waals surface area contributed by atoms with Crippen LogP contribution in [0.15, 0.2) is 96.0 Å². The van der Waals surface area contributed by atoms with Gasteiger partial charge in [-0.05, 0) is 66.3 Å². The highest BCUT2D eigenvalue weighted by Gasteiger charge is 2.47. The van der Waals surface area contributed by atoms with Gasteiger partial charge < -0.3 is 20.1 Å². The van der Waals surface area contributed by atoms with Gasteiger partial charge in [-0.25, -0.2) is 14.6 Å². The maximum Gasteiger partial charge on any atom is 0.340 e. The van der Waals surface area contributed by atoms with Crippen LogP contribution in [-0.4, -0.2) is 47.8 Å². The average molecular weight is 736 g/mol. The van der Waals surface area contributed by atoms with Crippen LogP contribution in [0.25, 0.3) is 20.2 Å². The molecule has 3 aromatic carbocycles. The minimum absolute atomic E-state index is 0.148. The molecule has 3 aliphatic rings. The summed E-state index contributed by atoms with van der Waals surface area (Å²) < 4.78 is 12.6. The number of hydrogen-bond donors (Lipinski definition) is 2. The Labute approximate surface area is 310 Å². The lowest BCUT2D eigenvalue weighted by Crippen LogP contribution is -2.60. The summed E-state index contributed by atoms with van der Waals surface area (Å²) in [4.78, 5) is 57.6. The number of ether oxygens (including phenoxy) is 2. The largest absolute Gasteiger partial charge is 0.467 e. The molecule has 2 amide bonds. The summed E-state index contributed by atoms with van der Waals surface area (Å²) in [7, 11) is 1.30. The lowest BCUT2D eigenvalue weighted by atomic mass is 9.80. The smallest absolute Gasteiger partial charge is 0.340 e. The minimum Gasteiger partial charge on any atom is -0.467 e. The molecule has 9 nitrogen and oxygen atoms in total. The number of hydrogen-bond acceptors (Lipinski definition) is 9. The van der Waals surface area contributed by atoms with Crippen LogP contribution < -0.4 is 10.6 Å². The highest BCUT2D eigenvalue weighted by Crippen LogP contribution is 2.39. The average Bonchev–Trinajstić information content (AvgIpc) is 3.90. The third-order valence-electron chi connectivity index (χ3n) is 10.2. The number of aliphatic imine (C=N–C) groups is 1. The number of benzene rings is 3.